The molecule has 0 radical (unpaired) electrons. The molecule has 1 heterocycles. The molecule has 3 nitrogen and oxygen atoms in total. The third-order valence-corrected chi connectivity index (χ3v) is 4.03. The quantitative estimate of drug-likeness (QED) is 0.743. The Balaban J connectivity index is 2.43. The largest absolute Gasteiger partial charge is 0.281 e. The van der Waals surface area contributed by atoms with Crippen LogP contribution in [0.25, 0.3) is 0 Å². The van der Waals surface area contributed by atoms with E-state index in [1.54, 1.807) is 0 Å². The van der Waals surface area contributed by atoms with Crippen LogP contribution in [-0.2, 0) is 4.79 Å². The summed E-state index contributed by atoms with van der Waals surface area (Å²) in [4.78, 5) is 12.3. The Morgan fingerprint density at radius 1 is 1.24 bits per heavy atom. The molecular weight excluding hydrogens is 348 g/mol. The topological polar surface area (TPSA) is 32.7 Å². The van der Waals surface area contributed by atoms with E-state index in [4.69, 9.17) is 0 Å². The molecule has 0 saturated heterocycles. The van der Waals surface area contributed by atoms with Gasteiger partial charge in [0.15, 0.2) is 0 Å². The summed E-state index contributed by atoms with van der Waals surface area (Å²) >= 11 is 6.81. The van der Waals surface area contributed by atoms with Crippen molar-refractivity contribution in [2.75, 3.05) is 5.01 Å². The zero-order valence-corrected chi connectivity index (χ0v) is 12.7. The lowest BCUT2D eigenvalue weighted by molar-refractivity contribution is -0.116. The number of rotatable bonds is 2. The molecule has 0 atom stereocenters. The van der Waals surface area contributed by atoms with Crippen LogP contribution in [0.2, 0.25) is 0 Å². The molecule has 1 aliphatic heterocycles. The maximum atomic E-state index is 12.3. The fraction of sp³-hybridized carbons (Fsp3) is 0.333. The molecule has 0 bridgehead atoms. The Bertz CT molecular complexity index is 469. The molecule has 1 amide bonds. The number of nitrogens with zero attached hydrogens (tertiary/aromatic N) is 2. The first-order valence-corrected chi connectivity index (χ1v) is 6.89. The lowest BCUT2D eigenvalue weighted by atomic mass is 10.1. The van der Waals surface area contributed by atoms with Gasteiger partial charge in [0, 0.05) is 0 Å². The van der Waals surface area contributed by atoms with E-state index >= 15 is 0 Å². The van der Waals surface area contributed by atoms with Crippen molar-refractivity contribution >= 4 is 49.2 Å². The van der Waals surface area contributed by atoms with Gasteiger partial charge in [-0.25, -0.2) is 0 Å². The standard InChI is InChI=1S/C12H12Br2N2O/c1-8(2)10-12(13,14)11(17)16(15-10)9-6-4-3-5-7-9/h3-8H,1-2H3. The average molecular weight is 360 g/mol. The van der Waals surface area contributed by atoms with Gasteiger partial charge in [-0.2, -0.15) is 10.1 Å². The highest BCUT2D eigenvalue weighted by molar-refractivity contribution is 9.26. The number of anilines is 1. The molecule has 0 spiro atoms. The van der Waals surface area contributed by atoms with Crippen molar-refractivity contribution in [2.45, 2.75) is 17.1 Å². The summed E-state index contributed by atoms with van der Waals surface area (Å²) < 4.78 is -0.871. The molecule has 0 aliphatic carbocycles. The second kappa shape index (κ2) is 4.53. The van der Waals surface area contributed by atoms with Crippen molar-refractivity contribution in [3.8, 4) is 0 Å². The first-order chi connectivity index (χ1) is 7.94. The molecule has 5 heteroatoms. The number of carbonyl (C=O) groups excluding carboxylic acids is 1. The zero-order valence-electron chi connectivity index (χ0n) is 9.52. The van der Waals surface area contributed by atoms with E-state index < -0.39 is 3.23 Å². The molecule has 1 aliphatic rings. The second-order valence-corrected chi connectivity index (χ2v) is 7.61. The third kappa shape index (κ3) is 2.18. The van der Waals surface area contributed by atoms with Gasteiger partial charge in [-0.05, 0) is 18.1 Å². The van der Waals surface area contributed by atoms with Crippen LogP contribution in [0.4, 0.5) is 5.69 Å². The van der Waals surface area contributed by atoms with Gasteiger partial charge in [-0.3, -0.25) is 4.79 Å². The van der Waals surface area contributed by atoms with Gasteiger partial charge in [0.05, 0.1) is 11.4 Å². The van der Waals surface area contributed by atoms with Crippen molar-refractivity contribution in [3.63, 3.8) is 0 Å². The fourth-order valence-corrected chi connectivity index (χ4v) is 3.09. The molecule has 0 unspecified atom stereocenters. The molecule has 17 heavy (non-hydrogen) atoms. The molecule has 1 aromatic carbocycles. The summed E-state index contributed by atoms with van der Waals surface area (Å²) in [6.45, 7) is 4.02. The minimum absolute atomic E-state index is 0.118. The number of halogens is 2. The Morgan fingerprint density at radius 3 is 2.29 bits per heavy atom. The van der Waals surface area contributed by atoms with Gasteiger partial charge < -0.3 is 0 Å². The Labute approximate surface area is 117 Å². The lowest BCUT2D eigenvalue weighted by Crippen LogP contribution is -2.37. The third-order valence-electron chi connectivity index (χ3n) is 2.54. The lowest BCUT2D eigenvalue weighted by Gasteiger charge is -2.17. The van der Waals surface area contributed by atoms with Crippen LogP contribution in [0.3, 0.4) is 0 Å². The average Bonchev–Trinajstić information content (AvgIpc) is 2.52. The molecule has 90 valence electrons. The SMILES string of the molecule is CC(C)C1=NN(c2ccccc2)C(=O)C1(Br)Br. The fourth-order valence-electron chi connectivity index (χ4n) is 1.68. The molecule has 0 aromatic heterocycles. The summed E-state index contributed by atoms with van der Waals surface area (Å²) in [7, 11) is 0. The van der Waals surface area contributed by atoms with E-state index in [9.17, 15) is 4.79 Å². The predicted octanol–water partition coefficient (Wildman–Crippen LogP) is 3.53. The summed E-state index contributed by atoms with van der Waals surface area (Å²) in [5.41, 5.74) is 1.56. The smallest absolute Gasteiger partial charge is 0.269 e. The van der Waals surface area contributed by atoms with Gasteiger partial charge >= 0.3 is 0 Å². The molecule has 0 fully saturated rings. The number of carbonyl (C=O) groups is 1. The minimum atomic E-state index is -0.871. The molecule has 0 N–H and O–H groups in total. The monoisotopic (exact) mass is 358 g/mol. The van der Waals surface area contributed by atoms with Crippen molar-refractivity contribution < 1.29 is 4.79 Å². The normalized spacial score (nSPS) is 18.8. The highest BCUT2D eigenvalue weighted by Gasteiger charge is 2.48. The summed E-state index contributed by atoms with van der Waals surface area (Å²) in [5.74, 6) is 0.0683. The Kier molecular flexibility index (Phi) is 3.41. The van der Waals surface area contributed by atoms with Crippen molar-refractivity contribution in [1.82, 2.24) is 0 Å². The first kappa shape index (κ1) is 12.8. The number of amides is 1. The first-order valence-electron chi connectivity index (χ1n) is 5.31. The molecule has 0 saturated carbocycles. The Morgan fingerprint density at radius 2 is 1.82 bits per heavy atom. The van der Waals surface area contributed by atoms with E-state index in [0.29, 0.717) is 0 Å². The number of para-hydroxylation sites is 1. The summed E-state index contributed by atoms with van der Waals surface area (Å²) in [6.07, 6.45) is 0. The van der Waals surface area contributed by atoms with E-state index in [-0.39, 0.29) is 11.8 Å². The van der Waals surface area contributed by atoms with Crippen LogP contribution in [0, 0.1) is 5.92 Å². The van der Waals surface area contributed by atoms with Crippen LogP contribution in [0.15, 0.2) is 35.4 Å². The maximum absolute atomic E-state index is 12.3. The van der Waals surface area contributed by atoms with Crippen LogP contribution >= 0.6 is 31.9 Å². The predicted molar refractivity (Wildman–Crippen MR) is 76.8 cm³/mol. The van der Waals surface area contributed by atoms with E-state index in [1.165, 1.54) is 5.01 Å². The number of benzene rings is 1. The minimum Gasteiger partial charge on any atom is -0.269 e. The molecule has 2 rings (SSSR count). The number of hydrazone groups is 1. The maximum Gasteiger partial charge on any atom is 0.281 e. The molecular formula is C12H12Br2N2O. The van der Waals surface area contributed by atoms with Crippen LogP contribution in [0.5, 0.6) is 0 Å². The highest BCUT2D eigenvalue weighted by atomic mass is 79.9. The second-order valence-electron chi connectivity index (χ2n) is 4.17. The van der Waals surface area contributed by atoms with Crippen LogP contribution in [-0.4, -0.2) is 14.9 Å². The number of hydrogen-bond donors (Lipinski definition) is 0. The highest BCUT2D eigenvalue weighted by Crippen LogP contribution is 2.39. The summed E-state index contributed by atoms with van der Waals surface area (Å²) in [6, 6.07) is 9.40. The van der Waals surface area contributed by atoms with E-state index in [0.717, 1.165) is 11.4 Å². The van der Waals surface area contributed by atoms with Gasteiger partial charge in [-0.1, -0.05) is 63.9 Å². The molecule has 1 aromatic rings. The van der Waals surface area contributed by atoms with E-state index in [1.807, 2.05) is 44.2 Å². The Hall–Kier alpha value is -0.680. The van der Waals surface area contributed by atoms with Crippen LogP contribution in [0.1, 0.15) is 13.8 Å². The summed E-state index contributed by atoms with van der Waals surface area (Å²) in [5, 5.41) is 5.83. The van der Waals surface area contributed by atoms with Gasteiger partial charge in [0.1, 0.15) is 0 Å². The number of hydrogen-bond acceptors (Lipinski definition) is 2. The zero-order chi connectivity index (χ0) is 12.6. The van der Waals surface area contributed by atoms with Crippen molar-refractivity contribution in [1.29, 1.82) is 0 Å². The van der Waals surface area contributed by atoms with Crippen molar-refractivity contribution in [3.05, 3.63) is 30.3 Å². The van der Waals surface area contributed by atoms with Crippen molar-refractivity contribution in [2.24, 2.45) is 11.0 Å². The number of alkyl halides is 2. The van der Waals surface area contributed by atoms with Gasteiger partial charge in [-0.15, -0.1) is 0 Å². The van der Waals surface area contributed by atoms with Gasteiger partial charge in [0.25, 0.3) is 5.91 Å². The van der Waals surface area contributed by atoms with E-state index in [2.05, 4.69) is 37.0 Å². The van der Waals surface area contributed by atoms with Gasteiger partial charge in [0.2, 0.25) is 3.23 Å². The van der Waals surface area contributed by atoms with Crippen LogP contribution < -0.4 is 5.01 Å².